The standard InChI is InChI=1S/C14H20ClN3/c1-3-11(4-2)7-16-8-13-10-18-9-12(15)5-6-14(18)17-13/h5-6,9-11,16H,3-4,7-8H2,1-2H3. The Morgan fingerprint density at radius 1 is 1.28 bits per heavy atom. The van der Waals surface area contributed by atoms with Gasteiger partial charge in [-0.05, 0) is 24.6 Å². The molecule has 0 unspecified atom stereocenters. The molecule has 4 heteroatoms. The van der Waals surface area contributed by atoms with Crippen molar-refractivity contribution in [2.24, 2.45) is 5.92 Å². The van der Waals surface area contributed by atoms with E-state index < -0.39 is 0 Å². The van der Waals surface area contributed by atoms with Gasteiger partial charge in [-0.15, -0.1) is 0 Å². The Labute approximate surface area is 113 Å². The Morgan fingerprint density at radius 3 is 2.78 bits per heavy atom. The summed E-state index contributed by atoms with van der Waals surface area (Å²) in [6.45, 7) is 6.35. The third-order valence-electron chi connectivity index (χ3n) is 3.36. The Hall–Kier alpha value is -1.06. The van der Waals surface area contributed by atoms with Gasteiger partial charge in [0.05, 0.1) is 10.7 Å². The Morgan fingerprint density at radius 2 is 2.06 bits per heavy atom. The maximum Gasteiger partial charge on any atom is 0.137 e. The number of halogens is 1. The number of fused-ring (bicyclic) bond motifs is 1. The molecule has 0 aliphatic rings. The minimum Gasteiger partial charge on any atom is -0.311 e. The van der Waals surface area contributed by atoms with Crippen molar-refractivity contribution >= 4 is 17.2 Å². The van der Waals surface area contributed by atoms with E-state index >= 15 is 0 Å². The Balaban J connectivity index is 1.95. The number of rotatable bonds is 6. The molecule has 18 heavy (non-hydrogen) atoms. The molecule has 2 rings (SSSR count). The molecule has 2 aromatic heterocycles. The van der Waals surface area contributed by atoms with E-state index in [-0.39, 0.29) is 0 Å². The second kappa shape index (κ2) is 6.21. The maximum absolute atomic E-state index is 5.95. The number of pyridine rings is 1. The van der Waals surface area contributed by atoms with Gasteiger partial charge in [0.1, 0.15) is 5.65 Å². The number of nitrogens with one attached hydrogen (secondary N) is 1. The van der Waals surface area contributed by atoms with E-state index in [1.54, 1.807) is 0 Å². The molecule has 0 fully saturated rings. The molecule has 0 amide bonds. The molecule has 98 valence electrons. The van der Waals surface area contributed by atoms with Gasteiger partial charge in [0.25, 0.3) is 0 Å². The molecule has 0 saturated heterocycles. The second-order valence-corrected chi connectivity index (χ2v) is 5.09. The lowest BCUT2D eigenvalue weighted by atomic mass is 10.0. The predicted octanol–water partition coefficient (Wildman–Crippen LogP) is 3.51. The number of nitrogens with zero attached hydrogens (tertiary/aromatic N) is 2. The summed E-state index contributed by atoms with van der Waals surface area (Å²) in [7, 11) is 0. The lowest BCUT2D eigenvalue weighted by molar-refractivity contribution is 0.448. The fourth-order valence-electron chi connectivity index (χ4n) is 2.08. The van der Waals surface area contributed by atoms with Crippen molar-refractivity contribution in [2.45, 2.75) is 33.2 Å². The summed E-state index contributed by atoms with van der Waals surface area (Å²) in [5, 5.41) is 4.20. The Bertz CT molecular complexity index is 503. The number of imidazole rings is 1. The highest BCUT2D eigenvalue weighted by atomic mass is 35.5. The molecule has 0 radical (unpaired) electrons. The number of hydrogen-bond acceptors (Lipinski definition) is 2. The smallest absolute Gasteiger partial charge is 0.137 e. The van der Waals surface area contributed by atoms with Crippen LogP contribution in [0.15, 0.2) is 24.5 Å². The van der Waals surface area contributed by atoms with Crippen molar-refractivity contribution in [1.82, 2.24) is 14.7 Å². The van der Waals surface area contributed by atoms with Crippen LogP contribution in [0.3, 0.4) is 0 Å². The summed E-state index contributed by atoms with van der Waals surface area (Å²) in [5.74, 6) is 0.761. The zero-order chi connectivity index (χ0) is 13.0. The normalized spacial score (nSPS) is 11.6. The lowest BCUT2D eigenvalue weighted by Gasteiger charge is -2.12. The van der Waals surface area contributed by atoms with Crippen molar-refractivity contribution < 1.29 is 0 Å². The maximum atomic E-state index is 5.95. The van der Waals surface area contributed by atoms with Crippen molar-refractivity contribution in [2.75, 3.05) is 6.54 Å². The van der Waals surface area contributed by atoms with Crippen molar-refractivity contribution in [1.29, 1.82) is 0 Å². The quantitative estimate of drug-likeness (QED) is 0.866. The van der Waals surface area contributed by atoms with Gasteiger partial charge in [0.15, 0.2) is 0 Å². The molecule has 2 heterocycles. The van der Waals surface area contributed by atoms with Gasteiger partial charge in [0, 0.05) is 18.9 Å². The Kier molecular flexibility index (Phi) is 4.61. The van der Waals surface area contributed by atoms with Gasteiger partial charge >= 0.3 is 0 Å². The summed E-state index contributed by atoms with van der Waals surface area (Å²) < 4.78 is 1.97. The molecule has 0 spiro atoms. The summed E-state index contributed by atoms with van der Waals surface area (Å²) >= 11 is 5.95. The van der Waals surface area contributed by atoms with E-state index in [2.05, 4.69) is 24.1 Å². The lowest BCUT2D eigenvalue weighted by Crippen LogP contribution is -2.21. The van der Waals surface area contributed by atoms with Crippen molar-refractivity contribution in [3.8, 4) is 0 Å². The molecular weight excluding hydrogens is 246 g/mol. The zero-order valence-electron chi connectivity index (χ0n) is 11.0. The molecule has 0 aliphatic heterocycles. The average Bonchev–Trinajstić information content (AvgIpc) is 2.76. The third-order valence-corrected chi connectivity index (χ3v) is 3.58. The predicted molar refractivity (Wildman–Crippen MR) is 76.0 cm³/mol. The molecule has 2 aromatic rings. The largest absolute Gasteiger partial charge is 0.311 e. The van der Waals surface area contributed by atoms with E-state index in [0.717, 1.165) is 35.4 Å². The first kappa shape index (κ1) is 13.4. The first-order valence-corrected chi connectivity index (χ1v) is 6.94. The van der Waals surface area contributed by atoms with Gasteiger partial charge in [-0.2, -0.15) is 0 Å². The summed E-state index contributed by atoms with van der Waals surface area (Å²) in [4.78, 5) is 4.54. The highest BCUT2D eigenvalue weighted by molar-refractivity contribution is 6.30. The van der Waals surface area contributed by atoms with Crippen LogP contribution >= 0.6 is 11.6 Å². The van der Waals surface area contributed by atoms with Crippen molar-refractivity contribution in [3.63, 3.8) is 0 Å². The van der Waals surface area contributed by atoms with Crippen LogP contribution in [0.25, 0.3) is 5.65 Å². The first-order chi connectivity index (χ1) is 8.72. The van der Waals surface area contributed by atoms with Crippen LogP contribution in [0.1, 0.15) is 32.4 Å². The summed E-state index contributed by atoms with van der Waals surface area (Å²) in [6, 6.07) is 3.80. The van der Waals surface area contributed by atoms with Crippen LogP contribution in [0, 0.1) is 5.92 Å². The summed E-state index contributed by atoms with van der Waals surface area (Å²) in [5.41, 5.74) is 2.00. The molecule has 0 aliphatic carbocycles. The summed E-state index contributed by atoms with van der Waals surface area (Å²) in [6.07, 6.45) is 6.37. The van der Waals surface area contributed by atoms with Crippen LogP contribution in [0.2, 0.25) is 5.02 Å². The topological polar surface area (TPSA) is 29.3 Å². The monoisotopic (exact) mass is 265 g/mol. The van der Waals surface area contributed by atoms with E-state index in [4.69, 9.17) is 11.6 Å². The minimum absolute atomic E-state index is 0.733. The molecule has 1 N–H and O–H groups in total. The van der Waals surface area contributed by atoms with E-state index in [1.807, 2.05) is 28.9 Å². The van der Waals surface area contributed by atoms with Gasteiger partial charge in [-0.3, -0.25) is 0 Å². The molecule has 0 saturated carbocycles. The highest BCUT2D eigenvalue weighted by Gasteiger charge is 2.05. The third kappa shape index (κ3) is 3.24. The van der Waals surface area contributed by atoms with Crippen LogP contribution in [0.4, 0.5) is 0 Å². The van der Waals surface area contributed by atoms with Crippen LogP contribution in [-0.4, -0.2) is 15.9 Å². The molecular formula is C14H20ClN3. The van der Waals surface area contributed by atoms with E-state index in [9.17, 15) is 0 Å². The van der Waals surface area contributed by atoms with Crippen LogP contribution in [-0.2, 0) is 6.54 Å². The second-order valence-electron chi connectivity index (χ2n) is 4.66. The molecule has 0 bridgehead atoms. The zero-order valence-corrected chi connectivity index (χ0v) is 11.7. The van der Waals surface area contributed by atoms with E-state index in [0.29, 0.717) is 0 Å². The number of aromatic nitrogens is 2. The minimum atomic E-state index is 0.733. The number of hydrogen-bond donors (Lipinski definition) is 1. The van der Waals surface area contributed by atoms with Gasteiger partial charge < -0.3 is 9.72 Å². The fourth-order valence-corrected chi connectivity index (χ4v) is 2.25. The SMILES string of the molecule is CCC(CC)CNCc1cn2cc(Cl)ccc2n1. The van der Waals surface area contributed by atoms with Gasteiger partial charge in [0.2, 0.25) is 0 Å². The van der Waals surface area contributed by atoms with E-state index in [1.165, 1.54) is 12.8 Å². The molecule has 0 atom stereocenters. The van der Waals surface area contributed by atoms with Crippen LogP contribution < -0.4 is 5.32 Å². The first-order valence-electron chi connectivity index (χ1n) is 6.56. The fraction of sp³-hybridized carbons (Fsp3) is 0.500. The molecule has 0 aromatic carbocycles. The van der Waals surface area contributed by atoms with Crippen LogP contribution in [0.5, 0.6) is 0 Å². The molecule has 3 nitrogen and oxygen atoms in total. The van der Waals surface area contributed by atoms with Crippen molar-refractivity contribution in [3.05, 3.63) is 35.2 Å². The average molecular weight is 266 g/mol. The van der Waals surface area contributed by atoms with Gasteiger partial charge in [-0.1, -0.05) is 38.3 Å². The highest BCUT2D eigenvalue weighted by Crippen LogP contribution is 2.12. The van der Waals surface area contributed by atoms with Gasteiger partial charge in [-0.25, -0.2) is 4.98 Å².